The molecular weight excluding hydrogens is 236 g/mol. The second-order valence-corrected chi connectivity index (χ2v) is 5.35. The Morgan fingerprint density at radius 2 is 1.94 bits per heavy atom. The highest BCUT2D eigenvalue weighted by molar-refractivity contribution is 7.89. The van der Waals surface area contributed by atoms with Gasteiger partial charge in [-0.3, -0.25) is 9.59 Å². The van der Waals surface area contributed by atoms with Crippen LogP contribution in [0, 0.1) is 0 Å². The molecule has 0 fully saturated rings. The molecule has 0 rings (SSSR count). The Morgan fingerprint density at radius 1 is 1.38 bits per heavy atom. The van der Waals surface area contributed by atoms with Gasteiger partial charge in [0, 0.05) is 6.42 Å². The first-order chi connectivity index (χ1) is 7.29. The third-order valence-electron chi connectivity index (χ3n) is 1.95. The normalized spacial score (nSPS) is 13.1. The Morgan fingerprint density at radius 3 is 2.38 bits per heavy atom. The van der Waals surface area contributed by atoms with Gasteiger partial charge in [-0.05, 0) is 18.2 Å². The van der Waals surface area contributed by atoms with Crippen molar-refractivity contribution in [3.05, 3.63) is 0 Å². The van der Waals surface area contributed by atoms with Gasteiger partial charge in [-0.15, -0.1) is 0 Å². The fourth-order valence-corrected chi connectivity index (χ4v) is 1.49. The maximum absolute atomic E-state index is 11.3. The van der Waals surface area contributed by atoms with Crippen molar-refractivity contribution in [1.82, 2.24) is 4.89 Å². The van der Waals surface area contributed by atoms with Crippen molar-refractivity contribution in [3.8, 4) is 0 Å². The summed E-state index contributed by atoms with van der Waals surface area (Å²) in [6.45, 7) is 3.18. The molecule has 1 amide bonds. The zero-order valence-electron chi connectivity index (χ0n) is 9.23. The van der Waals surface area contributed by atoms with Crippen molar-refractivity contribution < 1.29 is 22.8 Å². The molecule has 0 saturated carbocycles. The van der Waals surface area contributed by atoms with Gasteiger partial charge in [-0.1, -0.05) is 6.92 Å². The molecular formula is C8H16N2O5S. The number of hydrogen-bond acceptors (Lipinski definition) is 5. The summed E-state index contributed by atoms with van der Waals surface area (Å²) in [6, 6.07) is 0. The Labute approximate surface area is 94.3 Å². The van der Waals surface area contributed by atoms with E-state index >= 15 is 0 Å². The SMILES string of the molecule is CCC(C)S(=O)(=O)NOC(=O)CCC(N)=O. The van der Waals surface area contributed by atoms with Gasteiger partial charge in [0.1, 0.15) is 0 Å². The number of nitrogens with one attached hydrogen (secondary N) is 1. The Balaban J connectivity index is 4.06. The van der Waals surface area contributed by atoms with E-state index in [0.29, 0.717) is 6.42 Å². The second kappa shape index (κ2) is 6.44. The fourth-order valence-electron chi connectivity index (χ4n) is 0.682. The van der Waals surface area contributed by atoms with E-state index in [-0.39, 0.29) is 12.8 Å². The van der Waals surface area contributed by atoms with E-state index in [1.165, 1.54) is 6.92 Å². The highest BCUT2D eigenvalue weighted by Gasteiger charge is 2.20. The predicted octanol–water partition coefficient (Wildman–Crippen LogP) is -0.572. The van der Waals surface area contributed by atoms with E-state index in [0.717, 1.165) is 0 Å². The number of nitrogens with two attached hydrogens (primary N) is 1. The molecule has 1 atom stereocenters. The van der Waals surface area contributed by atoms with Gasteiger partial charge in [0.05, 0.1) is 11.7 Å². The lowest BCUT2D eigenvalue weighted by Crippen LogP contribution is -2.34. The molecule has 0 aromatic carbocycles. The highest BCUT2D eigenvalue weighted by Crippen LogP contribution is 2.02. The molecule has 16 heavy (non-hydrogen) atoms. The Bertz CT molecular complexity index is 351. The summed E-state index contributed by atoms with van der Waals surface area (Å²) in [5.74, 6) is -1.49. The molecule has 0 heterocycles. The Kier molecular flexibility index (Phi) is 5.97. The zero-order chi connectivity index (χ0) is 12.8. The van der Waals surface area contributed by atoms with Gasteiger partial charge in [-0.2, -0.15) is 0 Å². The third kappa shape index (κ3) is 5.66. The maximum Gasteiger partial charge on any atom is 0.326 e. The van der Waals surface area contributed by atoms with Crippen molar-refractivity contribution in [2.75, 3.05) is 0 Å². The minimum absolute atomic E-state index is 0.177. The van der Waals surface area contributed by atoms with E-state index in [2.05, 4.69) is 4.84 Å². The molecule has 0 bridgehead atoms. The summed E-state index contributed by atoms with van der Waals surface area (Å²) in [5.41, 5.74) is 4.81. The molecule has 94 valence electrons. The number of primary amides is 1. The van der Waals surface area contributed by atoms with Gasteiger partial charge in [0.15, 0.2) is 0 Å². The summed E-state index contributed by atoms with van der Waals surface area (Å²) in [5, 5.41) is -0.656. The van der Waals surface area contributed by atoms with Gasteiger partial charge < -0.3 is 10.6 Å². The molecule has 0 aliphatic rings. The molecule has 1 unspecified atom stereocenters. The van der Waals surface area contributed by atoms with Gasteiger partial charge in [-0.25, -0.2) is 8.42 Å². The number of carbonyl (C=O) groups is 2. The zero-order valence-corrected chi connectivity index (χ0v) is 10.0. The van der Waals surface area contributed by atoms with Crippen LogP contribution in [0.25, 0.3) is 0 Å². The molecule has 0 radical (unpaired) electrons. The first kappa shape index (κ1) is 14.8. The summed E-state index contributed by atoms with van der Waals surface area (Å²) in [4.78, 5) is 27.3. The quantitative estimate of drug-likeness (QED) is 0.588. The molecule has 0 spiro atoms. The van der Waals surface area contributed by atoms with Crippen LogP contribution in [0.1, 0.15) is 33.1 Å². The average molecular weight is 252 g/mol. The molecule has 0 aliphatic heterocycles. The minimum atomic E-state index is -3.65. The van der Waals surface area contributed by atoms with Crippen LogP contribution in [-0.4, -0.2) is 25.5 Å². The molecule has 0 aromatic heterocycles. The number of amides is 1. The lowest BCUT2D eigenvalue weighted by molar-refractivity contribution is -0.148. The van der Waals surface area contributed by atoms with Gasteiger partial charge in [0.25, 0.3) is 0 Å². The van der Waals surface area contributed by atoms with Crippen molar-refractivity contribution >= 4 is 21.9 Å². The van der Waals surface area contributed by atoms with Crippen LogP contribution in [0.3, 0.4) is 0 Å². The van der Waals surface area contributed by atoms with Crippen LogP contribution in [0.5, 0.6) is 0 Å². The van der Waals surface area contributed by atoms with Crippen molar-refractivity contribution in [3.63, 3.8) is 0 Å². The van der Waals surface area contributed by atoms with Gasteiger partial charge >= 0.3 is 5.97 Å². The van der Waals surface area contributed by atoms with Crippen LogP contribution in [0.4, 0.5) is 0 Å². The predicted molar refractivity (Wildman–Crippen MR) is 56.3 cm³/mol. The molecule has 8 heteroatoms. The summed E-state index contributed by atoms with van der Waals surface area (Å²) >= 11 is 0. The number of rotatable bonds is 7. The topological polar surface area (TPSA) is 116 Å². The van der Waals surface area contributed by atoms with Gasteiger partial charge in [0.2, 0.25) is 15.9 Å². The van der Waals surface area contributed by atoms with Crippen LogP contribution < -0.4 is 10.6 Å². The largest absolute Gasteiger partial charge is 0.370 e. The van der Waals surface area contributed by atoms with E-state index < -0.39 is 27.1 Å². The molecule has 0 saturated heterocycles. The summed E-state index contributed by atoms with van der Waals surface area (Å²) in [7, 11) is -3.65. The molecule has 0 aliphatic carbocycles. The van der Waals surface area contributed by atoms with Crippen LogP contribution in [0.15, 0.2) is 0 Å². The highest BCUT2D eigenvalue weighted by atomic mass is 32.2. The first-order valence-corrected chi connectivity index (χ1v) is 6.32. The minimum Gasteiger partial charge on any atom is -0.370 e. The molecule has 3 N–H and O–H groups in total. The number of sulfonamides is 1. The molecule has 0 aromatic rings. The second-order valence-electron chi connectivity index (χ2n) is 3.29. The van der Waals surface area contributed by atoms with Crippen molar-refractivity contribution in [2.24, 2.45) is 5.73 Å². The summed E-state index contributed by atoms with van der Waals surface area (Å²) in [6.07, 6.45) is -0.0313. The smallest absolute Gasteiger partial charge is 0.326 e. The number of carbonyl (C=O) groups excluding carboxylic acids is 2. The van der Waals surface area contributed by atoms with Crippen LogP contribution in [-0.2, 0) is 24.4 Å². The van der Waals surface area contributed by atoms with Crippen molar-refractivity contribution in [1.29, 1.82) is 0 Å². The fraction of sp³-hybridized carbons (Fsp3) is 0.750. The van der Waals surface area contributed by atoms with Crippen molar-refractivity contribution in [2.45, 2.75) is 38.4 Å². The lowest BCUT2D eigenvalue weighted by atomic mass is 10.3. The van der Waals surface area contributed by atoms with E-state index in [4.69, 9.17) is 5.73 Å². The monoisotopic (exact) mass is 252 g/mol. The number of hydrogen-bond donors (Lipinski definition) is 2. The first-order valence-electron chi connectivity index (χ1n) is 4.78. The summed E-state index contributed by atoms with van der Waals surface area (Å²) < 4.78 is 22.6. The Hall–Kier alpha value is -1.15. The molecule has 7 nitrogen and oxygen atoms in total. The average Bonchev–Trinajstić information content (AvgIpc) is 2.22. The standard InChI is InChI=1S/C8H16N2O5S/c1-3-6(2)16(13,14)10-15-8(12)5-4-7(9)11/h6,10H,3-5H2,1-2H3,(H2,9,11). The maximum atomic E-state index is 11.3. The van der Waals surface area contributed by atoms with E-state index in [1.807, 2.05) is 0 Å². The van der Waals surface area contributed by atoms with E-state index in [1.54, 1.807) is 11.8 Å². The van der Waals surface area contributed by atoms with Crippen LogP contribution >= 0.6 is 0 Å². The third-order valence-corrected chi connectivity index (χ3v) is 3.66. The van der Waals surface area contributed by atoms with E-state index in [9.17, 15) is 18.0 Å². The lowest BCUT2D eigenvalue weighted by Gasteiger charge is -2.10. The van der Waals surface area contributed by atoms with Crippen LogP contribution in [0.2, 0.25) is 0 Å².